The average molecular weight is 514 g/mol. The number of hydrogen-bond donors (Lipinski definition) is 3. The third-order valence-electron chi connectivity index (χ3n) is 5.85. The highest BCUT2D eigenvalue weighted by Gasteiger charge is 2.33. The number of rotatable bonds is 10. The van der Waals surface area contributed by atoms with Gasteiger partial charge in [0.05, 0.1) is 6.54 Å². The standard InChI is InChI=1S/C22H29F2N5O5S/c1-13(2)16-12-34-29-20(16)22(31)28-19(14-6-4-3-5-7-14)21(30)27-18-9-8-15(10-25-18)35(32,33)26-11-17(23)24/h8-10,12-14,17,19,26H,3-7,11H2,1-2H3,(H,28,31)(H,25,27,30)/t19-/m0/s1. The van der Waals surface area contributed by atoms with Crippen molar-refractivity contribution in [2.24, 2.45) is 5.92 Å². The van der Waals surface area contributed by atoms with Crippen LogP contribution < -0.4 is 15.4 Å². The highest BCUT2D eigenvalue weighted by atomic mass is 32.2. The number of sulfonamides is 1. The number of alkyl halides is 2. The number of carbonyl (C=O) groups is 2. The third-order valence-corrected chi connectivity index (χ3v) is 7.26. The van der Waals surface area contributed by atoms with E-state index in [9.17, 15) is 26.8 Å². The van der Waals surface area contributed by atoms with Crippen LogP contribution in [0.5, 0.6) is 0 Å². The maximum absolute atomic E-state index is 13.2. The molecule has 3 N–H and O–H groups in total. The molecule has 0 radical (unpaired) electrons. The lowest BCUT2D eigenvalue weighted by Crippen LogP contribution is -2.49. The van der Waals surface area contributed by atoms with Gasteiger partial charge in [-0.3, -0.25) is 9.59 Å². The monoisotopic (exact) mass is 513 g/mol. The minimum atomic E-state index is -4.16. The molecule has 2 aromatic heterocycles. The predicted molar refractivity (Wildman–Crippen MR) is 122 cm³/mol. The lowest BCUT2D eigenvalue weighted by atomic mass is 9.83. The first kappa shape index (κ1) is 26.7. The molecule has 0 saturated heterocycles. The molecule has 1 atom stereocenters. The Morgan fingerprint density at radius 2 is 1.89 bits per heavy atom. The summed E-state index contributed by atoms with van der Waals surface area (Å²) in [7, 11) is -4.16. The van der Waals surface area contributed by atoms with Crippen LogP contribution in [0.25, 0.3) is 0 Å². The van der Waals surface area contributed by atoms with Crippen molar-refractivity contribution in [1.82, 2.24) is 20.2 Å². The van der Waals surface area contributed by atoms with Crippen molar-refractivity contribution in [3.8, 4) is 0 Å². The fourth-order valence-corrected chi connectivity index (χ4v) is 4.92. The van der Waals surface area contributed by atoms with Gasteiger partial charge >= 0.3 is 0 Å². The molecule has 0 bridgehead atoms. The van der Waals surface area contributed by atoms with Crippen molar-refractivity contribution in [3.63, 3.8) is 0 Å². The molecular weight excluding hydrogens is 484 g/mol. The fraction of sp³-hybridized carbons (Fsp3) is 0.545. The molecular formula is C22H29F2N5O5S. The van der Waals surface area contributed by atoms with E-state index in [1.165, 1.54) is 12.3 Å². The number of nitrogens with zero attached hydrogens (tertiary/aromatic N) is 2. The first-order chi connectivity index (χ1) is 16.6. The zero-order valence-corrected chi connectivity index (χ0v) is 20.3. The van der Waals surface area contributed by atoms with E-state index in [0.717, 1.165) is 44.4 Å². The van der Waals surface area contributed by atoms with Gasteiger partial charge in [-0.15, -0.1) is 0 Å². The van der Waals surface area contributed by atoms with Crippen LogP contribution in [0.15, 0.2) is 34.0 Å². The van der Waals surface area contributed by atoms with Gasteiger partial charge in [0.15, 0.2) is 5.69 Å². The second-order valence-corrected chi connectivity index (χ2v) is 10.5. The van der Waals surface area contributed by atoms with Gasteiger partial charge in [0.2, 0.25) is 15.9 Å². The molecule has 1 fully saturated rings. The van der Waals surface area contributed by atoms with E-state index < -0.39 is 40.8 Å². The maximum Gasteiger partial charge on any atom is 0.274 e. The van der Waals surface area contributed by atoms with Gasteiger partial charge < -0.3 is 15.2 Å². The van der Waals surface area contributed by atoms with Crippen molar-refractivity contribution in [2.45, 2.75) is 69.2 Å². The van der Waals surface area contributed by atoms with Gasteiger partial charge in [-0.05, 0) is 36.8 Å². The van der Waals surface area contributed by atoms with Crippen molar-refractivity contribution in [2.75, 3.05) is 11.9 Å². The van der Waals surface area contributed by atoms with E-state index in [1.807, 2.05) is 13.8 Å². The van der Waals surface area contributed by atoms with Crippen LogP contribution in [0.4, 0.5) is 14.6 Å². The van der Waals surface area contributed by atoms with E-state index in [0.29, 0.717) is 5.56 Å². The largest absolute Gasteiger partial charge is 0.364 e. The molecule has 2 heterocycles. The molecule has 1 aliphatic rings. The fourth-order valence-electron chi connectivity index (χ4n) is 3.97. The molecule has 2 amide bonds. The Morgan fingerprint density at radius 1 is 1.17 bits per heavy atom. The quantitative estimate of drug-likeness (QED) is 0.443. The van der Waals surface area contributed by atoms with Gasteiger partial charge in [-0.2, -0.15) is 0 Å². The molecule has 3 rings (SSSR count). The molecule has 35 heavy (non-hydrogen) atoms. The van der Waals surface area contributed by atoms with Gasteiger partial charge in [-0.1, -0.05) is 38.3 Å². The molecule has 2 aromatic rings. The van der Waals surface area contributed by atoms with Gasteiger partial charge in [0.1, 0.15) is 23.0 Å². The molecule has 192 valence electrons. The van der Waals surface area contributed by atoms with E-state index >= 15 is 0 Å². The highest BCUT2D eigenvalue weighted by molar-refractivity contribution is 7.89. The summed E-state index contributed by atoms with van der Waals surface area (Å²) in [6.07, 6.45) is 3.97. The molecule has 0 aromatic carbocycles. The lowest BCUT2D eigenvalue weighted by molar-refractivity contribution is -0.119. The smallest absolute Gasteiger partial charge is 0.274 e. The molecule has 0 spiro atoms. The Bertz CT molecular complexity index is 1120. The first-order valence-electron chi connectivity index (χ1n) is 11.4. The number of carbonyl (C=O) groups excluding carboxylic acids is 2. The van der Waals surface area contributed by atoms with Crippen molar-refractivity contribution in [1.29, 1.82) is 0 Å². The number of anilines is 1. The van der Waals surface area contributed by atoms with Crippen molar-refractivity contribution >= 4 is 27.7 Å². The first-order valence-corrected chi connectivity index (χ1v) is 12.9. The number of aromatic nitrogens is 2. The van der Waals surface area contributed by atoms with Crippen LogP contribution in [0.3, 0.4) is 0 Å². The molecule has 10 nitrogen and oxygen atoms in total. The summed E-state index contributed by atoms with van der Waals surface area (Å²) < 4.78 is 55.5. The number of hydrogen-bond acceptors (Lipinski definition) is 7. The van der Waals surface area contributed by atoms with Crippen molar-refractivity contribution < 1.29 is 31.3 Å². The molecule has 1 saturated carbocycles. The Kier molecular flexibility index (Phi) is 8.89. The summed E-state index contributed by atoms with van der Waals surface area (Å²) in [4.78, 5) is 29.7. The Balaban J connectivity index is 1.74. The molecule has 0 unspecified atom stereocenters. The maximum atomic E-state index is 13.2. The van der Waals surface area contributed by atoms with Gasteiger partial charge in [-0.25, -0.2) is 26.9 Å². The number of pyridine rings is 1. The normalized spacial score (nSPS) is 15.8. The van der Waals surface area contributed by atoms with E-state index in [-0.39, 0.29) is 28.2 Å². The summed E-state index contributed by atoms with van der Waals surface area (Å²) in [5.41, 5.74) is 0.752. The molecule has 0 aliphatic heterocycles. The Hall–Kier alpha value is -2.93. The van der Waals surface area contributed by atoms with E-state index in [4.69, 9.17) is 4.52 Å². The minimum absolute atomic E-state index is 0.00173. The summed E-state index contributed by atoms with van der Waals surface area (Å²) in [6.45, 7) is 2.77. The summed E-state index contributed by atoms with van der Waals surface area (Å²) in [5.74, 6) is -1.06. The zero-order chi connectivity index (χ0) is 25.6. The average Bonchev–Trinajstić information content (AvgIpc) is 3.33. The van der Waals surface area contributed by atoms with Gasteiger partial charge in [0, 0.05) is 11.8 Å². The van der Waals surface area contributed by atoms with Gasteiger partial charge in [0.25, 0.3) is 12.3 Å². The highest BCUT2D eigenvalue weighted by Crippen LogP contribution is 2.28. The summed E-state index contributed by atoms with van der Waals surface area (Å²) in [6, 6.07) is 1.54. The van der Waals surface area contributed by atoms with Crippen LogP contribution in [0.1, 0.15) is 67.9 Å². The Morgan fingerprint density at radius 3 is 2.49 bits per heavy atom. The van der Waals surface area contributed by atoms with Crippen LogP contribution in [0.2, 0.25) is 0 Å². The predicted octanol–water partition coefficient (Wildman–Crippen LogP) is 3.05. The van der Waals surface area contributed by atoms with Crippen LogP contribution in [0, 0.1) is 5.92 Å². The van der Waals surface area contributed by atoms with Crippen LogP contribution in [-0.2, 0) is 14.8 Å². The number of amides is 2. The number of nitrogens with one attached hydrogen (secondary N) is 3. The topological polar surface area (TPSA) is 143 Å². The van der Waals surface area contributed by atoms with Crippen LogP contribution >= 0.6 is 0 Å². The summed E-state index contributed by atoms with van der Waals surface area (Å²) in [5, 5.41) is 9.20. The van der Waals surface area contributed by atoms with Crippen LogP contribution in [-0.4, -0.2) is 49.4 Å². The lowest BCUT2D eigenvalue weighted by Gasteiger charge is -2.29. The third kappa shape index (κ3) is 7.04. The second-order valence-electron chi connectivity index (χ2n) is 8.73. The van der Waals surface area contributed by atoms with E-state index in [2.05, 4.69) is 20.8 Å². The molecule has 1 aliphatic carbocycles. The Labute approximate surface area is 202 Å². The molecule has 13 heteroatoms. The zero-order valence-electron chi connectivity index (χ0n) is 19.5. The second kappa shape index (κ2) is 11.7. The minimum Gasteiger partial charge on any atom is -0.364 e. The SMILES string of the molecule is CC(C)c1conc1C(=O)N[C@H](C(=O)Nc1ccc(S(=O)(=O)NCC(F)F)cn1)C1CCCCC1. The van der Waals surface area contributed by atoms with E-state index in [1.54, 1.807) is 4.72 Å². The van der Waals surface area contributed by atoms with Crippen molar-refractivity contribution in [3.05, 3.63) is 35.9 Å². The number of halogens is 2. The summed E-state index contributed by atoms with van der Waals surface area (Å²) >= 11 is 0.